The van der Waals surface area contributed by atoms with E-state index in [9.17, 15) is 19.1 Å². The van der Waals surface area contributed by atoms with Crippen LogP contribution < -0.4 is 5.56 Å². The first-order valence-electron chi connectivity index (χ1n) is 11.6. The van der Waals surface area contributed by atoms with E-state index in [0.29, 0.717) is 25.2 Å². The number of aryl methyl sites for hydroxylation is 1. The Balaban J connectivity index is 1.75. The summed E-state index contributed by atoms with van der Waals surface area (Å²) in [7, 11) is 1.65. The molecule has 0 saturated carbocycles. The monoisotopic (exact) mass is 480 g/mol. The summed E-state index contributed by atoms with van der Waals surface area (Å²) in [6.07, 6.45) is -1.04. The van der Waals surface area contributed by atoms with Crippen LogP contribution in [-0.2, 0) is 24.9 Å². The molecule has 184 valence electrons. The van der Waals surface area contributed by atoms with E-state index in [1.54, 1.807) is 28.6 Å². The van der Waals surface area contributed by atoms with Gasteiger partial charge in [-0.2, -0.15) is 5.10 Å². The fraction of sp³-hybridized carbons (Fsp3) is 0.346. The van der Waals surface area contributed by atoms with Gasteiger partial charge < -0.3 is 19.3 Å². The van der Waals surface area contributed by atoms with Gasteiger partial charge in [-0.05, 0) is 31.5 Å². The number of aliphatic hydroxyl groups excluding tert-OH is 1. The summed E-state index contributed by atoms with van der Waals surface area (Å²) >= 11 is 0. The van der Waals surface area contributed by atoms with Gasteiger partial charge >= 0.3 is 0 Å². The molecular weight excluding hydrogens is 451 g/mol. The molecular formula is C26H29FN4O4. The zero-order valence-corrected chi connectivity index (χ0v) is 20.1. The van der Waals surface area contributed by atoms with E-state index in [1.807, 2.05) is 44.2 Å². The van der Waals surface area contributed by atoms with E-state index in [0.717, 1.165) is 10.2 Å². The van der Waals surface area contributed by atoms with Crippen LogP contribution >= 0.6 is 0 Å². The van der Waals surface area contributed by atoms with E-state index < -0.39 is 23.4 Å². The molecule has 1 atom stereocenters. The molecule has 0 fully saturated rings. The van der Waals surface area contributed by atoms with Gasteiger partial charge in [0.15, 0.2) is 5.69 Å². The van der Waals surface area contributed by atoms with Crippen molar-refractivity contribution >= 4 is 27.7 Å². The maximum Gasteiger partial charge on any atom is 0.291 e. The average Bonchev–Trinajstić information content (AvgIpc) is 3.16. The molecule has 0 bridgehead atoms. The largest absolute Gasteiger partial charge is 0.389 e. The second kappa shape index (κ2) is 10.4. The standard InChI is InChI=1S/C26H29FN4O4/c1-4-30(5-2)25(33)23-22-21-19(27)12-9-13-20(21)29(3)24(22)26(34)31(28-23)14-18(32)16-35-15-17-10-7-6-8-11-17/h6-13,18,32H,4-5,14-16H2,1-3H3. The normalized spacial score (nSPS) is 12.4. The van der Waals surface area contributed by atoms with Crippen molar-refractivity contribution in [3.8, 4) is 0 Å². The zero-order chi connectivity index (χ0) is 25.1. The number of ether oxygens (including phenoxy) is 1. The fourth-order valence-corrected chi connectivity index (χ4v) is 4.34. The van der Waals surface area contributed by atoms with Crippen molar-refractivity contribution in [1.82, 2.24) is 19.2 Å². The number of carbonyl (C=O) groups is 1. The van der Waals surface area contributed by atoms with Gasteiger partial charge in [-0.3, -0.25) is 9.59 Å². The summed E-state index contributed by atoms with van der Waals surface area (Å²) in [6.45, 7) is 4.66. The van der Waals surface area contributed by atoms with Crippen LogP contribution in [0.5, 0.6) is 0 Å². The van der Waals surface area contributed by atoms with Crippen LogP contribution in [0.1, 0.15) is 29.9 Å². The van der Waals surface area contributed by atoms with Crippen LogP contribution in [0.4, 0.5) is 4.39 Å². The van der Waals surface area contributed by atoms with E-state index in [4.69, 9.17) is 4.74 Å². The average molecular weight is 481 g/mol. The van der Waals surface area contributed by atoms with Gasteiger partial charge in [0, 0.05) is 30.9 Å². The van der Waals surface area contributed by atoms with E-state index >= 15 is 0 Å². The van der Waals surface area contributed by atoms with Crippen molar-refractivity contribution in [2.75, 3.05) is 19.7 Å². The Bertz CT molecular complexity index is 1410. The minimum Gasteiger partial charge on any atom is -0.389 e. The number of aliphatic hydroxyl groups is 1. The van der Waals surface area contributed by atoms with Gasteiger partial charge in [-0.25, -0.2) is 9.07 Å². The molecule has 0 radical (unpaired) electrons. The third-order valence-electron chi connectivity index (χ3n) is 6.13. The van der Waals surface area contributed by atoms with Gasteiger partial charge in [-0.1, -0.05) is 36.4 Å². The van der Waals surface area contributed by atoms with Crippen LogP contribution in [0, 0.1) is 5.82 Å². The molecule has 2 heterocycles. The Kier molecular flexibility index (Phi) is 7.28. The first kappa shape index (κ1) is 24.6. The van der Waals surface area contributed by atoms with E-state index in [2.05, 4.69) is 5.10 Å². The minimum absolute atomic E-state index is 0.0172. The topological polar surface area (TPSA) is 89.6 Å². The number of rotatable bonds is 9. The summed E-state index contributed by atoms with van der Waals surface area (Å²) in [5, 5.41) is 15.3. The molecule has 1 unspecified atom stereocenters. The molecule has 8 nitrogen and oxygen atoms in total. The molecule has 1 N–H and O–H groups in total. The number of carbonyl (C=O) groups excluding carboxylic acids is 1. The Hall–Kier alpha value is -3.56. The minimum atomic E-state index is -1.04. The summed E-state index contributed by atoms with van der Waals surface area (Å²) in [4.78, 5) is 28.4. The third kappa shape index (κ3) is 4.69. The maximum atomic E-state index is 14.9. The number of halogens is 1. The number of amides is 1. The van der Waals surface area contributed by atoms with Crippen molar-refractivity contribution in [2.45, 2.75) is 33.1 Å². The summed E-state index contributed by atoms with van der Waals surface area (Å²) in [5.74, 6) is -0.936. The van der Waals surface area contributed by atoms with Crippen molar-refractivity contribution in [3.63, 3.8) is 0 Å². The Morgan fingerprint density at radius 1 is 1.11 bits per heavy atom. The summed E-state index contributed by atoms with van der Waals surface area (Å²) in [6, 6.07) is 14.1. The highest BCUT2D eigenvalue weighted by Crippen LogP contribution is 2.30. The summed E-state index contributed by atoms with van der Waals surface area (Å²) < 4.78 is 23.2. The van der Waals surface area contributed by atoms with Crippen LogP contribution in [-0.4, -0.2) is 56.1 Å². The second-order valence-corrected chi connectivity index (χ2v) is 8.38. The van der Waals surface area contributed by atoms with Gasteiger partial charge in [-0.15, -0.1) is 0 Å². The predicted molar refractivity (Wildman–Crippen MR) is 132 cm³/mol. The lowest BCUT2D eigenvalue weighted by molar-refractivity contribution is 0.0179. The Morgan fingerprint density at radius 2 is 1.83 bits per heavy atom. The molecule has 0 saturated heterocycles. The Labute approximate surface area is 202 Å². The highest BCUT2D eigenvalue weighted by Gasteiger charge is 2.27. The fourth-order valence-electron chi connectivity index (χ4n) is 4.34. The molecule has 4 rings (SSSR count). The van der Waals surface area contributed by atoms with Gasteiger partial charge in [0.05, 0.1) is 31.4 Å². The second-order valence-electron chi connectivity index (χ2n) is 8.38. The van der Waals surface area contributed by atoms with Crippen LogP contribution in [0.15, 0.2) is 53.3 Å². The number of benzene rings is 2. The third-order valence-corrected chi connectivity index (χ3v) is 6.13. The first-order valence-corrected chi connectivity index (χ1v) is 11.6. The van der Waals surface area contributed by atoms with Crippen molar-refractivity contribution in [2.24, 2.45) is 7.05 Å². The molecule has 4 aromatic rings. The van der Waals surface area contributed by atoms with Crippen molar-refractivity contribution in [3.05, 3.63) is 76.0 Å². The molecule has 2 aromatic heterocycles. The van der Waals surface area contributed by atoms with Crippen LogP contribution in [0.3, 0.4) is 0 Å². The molecule has 2 aromatic carbocycles. The van der Waals surface area contributed by atoms with Gasteiger partial charge in [0.2, 0.25) is 0 Å². The molecule has 0 spiro atoms. The highest BCUT2D eigenvalue weighted by molar-refractivity contribution is 6.16. The van der Waals surface area contributed by atoms with Gasteiger partial charge in [0.25, 0.3) is 11.5 Å². The highest BCUT2D eigenvalue weighted by atomic mass is 19.1. The lowest BCUT2D eigenvalue weighted by Gasteiger charge is -2.20. The zero-order valence-electron chi connectivity index (χ0n) is 20.1. The van der Waals surface area contributed by atoms with Crippen LogP contribution in [0.25, 0.3) is 21.8 Å². The SMILES string of the molecule is CCN(CC)C(=O)c1nn(CC(O)COCc2ccccc2)c(=O)c2c1c1c(F)cccc1n2C. The molecule has 0 aliphatic rings. The van der Waals surface area contributed by atoms with E-state index in [-0.39, 0.29) is 35.1 Å². The number of hydrogen-bond donors (Lipinski definition) is 1. The lowest BCUT2D eigenvalue weighted by atomic mass is 10.1. The predicted octanol–water partition coefficient (Wildman–Crippen LogP) is 3.09. The molecule has 0 aliphatic carbocycles. The lowest BCUT2D eigenvalue weighted by Crippen LogP contribution is -2.36. The number of hydrogen-bond acceptors (Lipinski definition) is 5. The molecule has 1 amide bonds. The number of nitrogens with zero attached hydrogens (tertiary/aromatic N) is 4. The van der Waals surface area contributed by atoms with Crippen LogP contribution in [0.2, 0.25) is 0 Å². The van der Waals surface area contributed by atoms with E-state index in [1.165, 1.54) is 6.07 Å². The number of aromatic nitrogens is 3. The molecule has 0 aliphatic heterocycles. The number of fused-ring (bicyclic) bond motifs is 3. The van der Waals surface area contributed by atoms with Crippen molar-refractivity contribution in [1.29, 1.82) is 0 Å². The van der Waals surface area contributed by atoms with Crippen molar-refractivity contribution < 1.29 is 19.0 Å². The smallest absolute Gasteiger partial charge is 0.291 e. The van der Waals surface area contributed by atoms with Gasteiger partial charge in [0.1, 0.15) is 11.3 Å². The first-order chi connectivity index (χ1) is 16.9. The molecule has 9 heteroatoms. The Morgan fingerprint density at radius 3 is 2.51 bits per heavy atom. The maximum absolute atomic E-state index is 14.9. The summed E-state index contributed by atoms with van der Waals surface area (Å²) in [5.41, 5.74) is 1.07. The molecule has 35 heavy (non-hydrogen) atoms. The quantitative estimate of drug-likeness (QED) is 0.398.